The molecule has 1 unspecified atom stereocenters. The van der Waals surface area contributed by atoms with Gasteiger partial charge in [0, 0.05) is 6.54 Å². The Labute approximate surface area is 86.0 Å². The number of aliphatic hydroxyl groups is 3. The average Bonchev–Trinajstić information content (AvgIpc) is 2.21. The van der Waals surface area contributed by atoms with Crippen molar-refractivity contribution in [1.29, 1.82) is 0 Å². The third-order valence-electron chi connectivity index (χ3n) is 2.89. The van der Waals surface area contributed by atoms with Gasteiger partial charge < -0.3 is 20.6 Å². The topological polar surface area (TPSA) is 72.7 Å². The maximum absolute atomic E-state index is 9.75. The van der Waals surface area contributed by atoms with Gasteiger partial charge in [-0.05, 0) is 19.8 Å². The zero-order valence-electron chi connectivity index (χ0n) is 9.38. The van der Waals surface area contributed by atoms with Crippen molar-refractivity contribution in [2.24, 2.45) is 0 Å². The smallest absolute Gasteiger partial charge is 0.0741 e. The molecular weight excluding hydrogens is 182 g/mol. The van der Waals surface area contributed by atoms with Gasteiger partial charge in [-0.2, -0.15) is 0 Å². The van der Waals surface area contributed by atoms with E-state index in [1.807, 2.05) is 13.8 Å². The lowest BCUT2D eigenvalue weighted by Crippen LogP contribution is -2.55. The number of β-amino-alcohol motifs (C(OH)–C–C–N with tert-alkyl or cyclic N) is 1. The van der Waals surface area contributed by atoms with E-state index in [2.05, 4.69) is 5.32 Å². The van der Waals surface area contributed by atoms with E-state index in [0.29, 0.717) is 19.4 Å². The van der Waals surface area contributed by atoms with Crippen molar-refractivity contribution in [2.45, 2.75) is 44.8 Å². The molecule has 4 nitrogen and oxygen atoms in total. The highest BCUT2D eigenvalue weighted by Crippen LogP contribution is 2.12. The molecule has 0 amide bonds. The normalized spacial score (nSPS) is 16.7. The summed E-state index contributed by atoms with van der Waals surface area (Å²) in [5.74, 6) is 0. The monoisotopic (exact) mass is 205 g/mol. The molecule has 0 fully saturated rings. The van der Waals surface area contributed by atoms with Crippen molar-refractivity contribution in [1.82, 2.24) is 5.32 Å². The van der Waals surface area contributed by atoms with Gasteiger partial charge in [0.25, 0.3) is 0 Å². The van der Waals surface area contributed by atoms with Crippen molar-refractivity contribution in [3.63, 3.8) is 0 Å². The second-order valence-corrected chi connectivity index (χ2v) is 4.15. The fourth-order valence-electron chi connectivity index (χ4n) is 1.01. The van der Waals surface area contributed by atoms with E-state index < -0.39 is 11.1 Å². The Hall–Kier alpha value is -0.160. The SMILES string of the molecule is CCC(C)(O)CNC(CC)(CO)CO. The van der Waals surface area contributed by atoms with Crippen LogP contribution < -0.4 is 5.32 Å². The first-order valence-corrected chi connectivity index (χ1v) is 5.14. The van der Waals surface area contributed by atoms with Crippen LogP contribution in [-0.4, -0.2) is 46.2 Å². The van der Waals surface area contributed by atoms with Crippen LogP contribution in [0.1, 0.15) is 33.6 Å². The summed E-state index contributed by atoms with van der Waals surface area (Å²) < 4.78 is 0. The van der Waals surface area contributed by atoms with Crippen LogP contribution >= 0.6 is 0 Å². The van der Waals surface area contributed by atoms with Crippen molar-refractivity contribution < 1.29 is 15.3 Å². The van der Waals surface area contributed by atoms with Gasteiger partial charge in [-0.3, -0.25) is 0 Å². The Balaban J connectivity index is 4.19. The van der Waals surface area contributed by atoms with Crippen LogP contribution in [0.25, 0.3) is 0 Å². The molecule has 0 saturated heterocycles. The zero-order valence-corrected chi connectivity index (χ0v) is 9.38. The minimum absolute atomic E-state index is 0.125. The average molecular weight is 205 g/mol. The first kappa shape index (κ1) is 13.8. The molecule has 0 heterocycles. The Kier molecular flexibility index (Phi) is 5.59. The number of aliphatic hydroxyl groups excluding tert-OH is 2. The van der Waals surface area contributed by atoms with Crippen molar-refractivity contribution in [3.05, 3.63) is 0 Å². The highest BCUT2D eigenvalue weighted by Gasteiger charge is 2.29. The second kappa shape index (κ2) is 5.66. The number of rotatable bonds is 7. The van der Waals surface area contributed by atoms with Crippen molar-refractivity contribution in [3.8, 4) is 0 Å². The Morgan fingerprint density at radius 2 is 1.57 bits per heavy atom. The van der Waals surface area contributed by atoms with Gasteiger partial charge in [-0.1, -0.05) is 13.8 Å². The molecule has 0 saturated carbocycles. The van der Waals surface area contributed by atoms with Crippen molar-refractivity contribution >= 4 is 0 Å². The van der Waals surface area contributed by atoms with Gasteiger partial charge in [0.05, 0.1) is 24.4 Å². The predicted octanol–water partition coefficient (Wildman–Crippen LogP) is -0.130. The highest BCUT2D eigenvalue weighted by molar-refractivity contribution is 4.88. The summed E-state index contributed by atoms with van der Waals surface area (Å²) in [4.78, 5) is 0. The third kappa shape index (κ3) is 3.92. The Morgan fingerprint density at radius 1 is 1.07 bits per heavy atom. The molecule has 0 spiro atoms. The van der Waals surface area contributed by atoms with Crippen LogP contribution in [0.5, 0.6) is 0 Å². The first-order chi connectivity index (χ1) is 6.45. The van der Waals surface area contributed by atoms with E-state index in [-0.39, 0.29) is 13.2 Å². The predicted molar refractivity (Wildman–Crippen MR) is 56.1 cm³/mol. The zero-order chi connectivity index (χ0) is 11.2. The summed E-state index contributed by atoms with van der Waals surface area (Å²) in [7, 11) is 0. The molecule has 0 aromatic heterocycles. The third-order valence-corrected chi connectivity index (χ3v) is 2.89. The lowest BCUT2D eigenvalue weighted by Gasteiger charge is -2.33. The summed E-state index contributed by atoms with van der Waals surface area (Å²) >= 11 is 0. The highest BCUT2D eigenvalue weighted by atomic mass is 16.3. The summed E-state index contributed by atoms with van der Waals surface area (Å²) in [6, 6.07) is 0. The van der Waals surface area contributed by atoms with Crippen LogP contribution in [0, 0.1) is 0 Å². The Bertz CT molecular complexity index is 147. The van der Waals surface area contributed by atoms with Gasteiger partial charge in [-0.25, -0.2) is 0 Å². The van der Waals surface area contributed by atoms with E-state index in [1.165, 1.54) is 0 Å². The quantitative estimate of drug-likeness (QED) is 0.467. The van der Waals surface area contributed by atoms with Crippen LogP contribution in [0.4, 0.5) is 0 Å². The summed E-state index contributed by atoms with van der Waals surface area (Å²) in [6.07, 6.45) is 1.26. The summed E-state index contributed by atoms with van der Waals surface area (Å²) in [5, 5.41) is 31.1. The Morgan fingerprint density at radius 3 is 1.86 bits per heavy atom. The fourth-order valence-corrected chi connectivity index (χ4v) is 1.01. The van der Waals surface area contributed by atoms with E-state index in [9.17, 15) is 5.11 Å². The summed E-state index contributed by atoms with van der Waals surface area (Å²) in [5.41, 5.74) is -1.45. The van der Waals surface area contributed by atoms with E-state index >= 15 is 0 Å². The van der Waals surface area contributed by atoms with Crippen LogP contribution in [-0.2, 0) is 0 Å². The van der Waals surface area contributed by atoms with Crippen molar-refractivity contribution in [2.75, 3.05) is 19.8 Å². The molecule has 0 aliphatic heterocycles. The molecular formula is C10H23NO3. The largest absolute Gasteiger partial charge is 0.394 e. The van der Waals surface area contributed by atoms with Gasteiger partial charge in [0.15, 0.2) is 0 Å². The number of hydrogen-bond acceptors (Lipinski definition) is 4. The minimum atomic E-state index is -0.787. The van der Waals surface area contributed by atoms with Gasteiger partial charge in [0.1, 0.15) is 0 Å². The molecule has 4 N–H and O–H groups in total. The van der Waals surface area contributed by atoms with E-state index in [1.54, 1.807) is 6.92 Å². The lowest BCUT2D eigenvalue weighted by molar-refractivity contribution is 0.0242. The standard InChI is InChI=1S/C10H23NO3/c1-4-9(3,14)6-11-10(5-2,7-12)8-13/h11-14H,4-8H2,1-3H3. The van der Waals surface area contributed by atoms with Crippen LogP contribution in [0.15, 0.2) is 0 Å². The molecule has 0 aromatic carbocycles. The molecule has 0 radical (unpaired) electrons. The van der Waals surface area contributed by atoms with Crippen LogP contribution in [0.2, 0.25) is 0 Å². The van der Waals surface area contributed by atoms with Crippen LogP contribution in [0.3, 0.4) is 0 Å². The molecule has 0 aromatic rings. The lowest BCUT2D eigenvalue weighted by atomic mass is 9.95. The molecule has 86 valence electrons. The fraction of sp³-hybridized carbons (Fsp3) is 1.00. The van der Waals surface area contributed by atoms with Gasteiger partial charge in [0.2, 0.25) is 0 Å². The molecule has 0 aliphatic carbocycles. The minimum Gasteiger partial charge on any atom is -0.394 e. The van der Waals surface area contributed by atoms with Gasteiger partial charge in [-0.15, -0.1) is 0 Å². The molecule has 1 atom stereocenters. The molecule has 0 rings (SSSR count). The second-order valence-electron chi connectivity index (χ2n) is 4.15. The first-order valence-electron chi connectivity index (χ1n) is 5.14. The maximum Gasteiger partial charge on any atom is 0.0741 e. The molecule has 14 heavy (non-hydrogen) atoms. The molecule has 4 heteroatoms. The van der Waals surface area contributed by atoms with Gasteiger partial charge >= 0.3 is 0 Å². The molecule has 0 aliphatic rings. The summed E-state index contributed by atoms with van der Waals surface area (Å²) in [6.45, 7) is 5.64. The number of hydrogen-bond donors (Lipinski definition) is 4. The molecule has 0 bridgehead atoms. The maximum atomic E-state index is 9.75. The van der Waals surface area contributed by atoms with E-state index in [4.69, 9.17) is 10.2 Å². The number of nitrogens with one attached hydrogen (secondary N) is 1. The van der Waals surface area contributed by atoms with E-state index in [0.717, 1.165) is 0 Å².